The van der Waals surface area contributed by atoms with Crippen LogP contribution in [0.15, 0.2) is 73.1 Å². The van der Waals surface area contributed by atoms with Crippen molar-refractivity contribution in [2.24, 2.45) is 0 Å². The van der Waals surface area contributed by atoms with E-state index >= 15 is 0 Å². The second-order valence-electron chi connectivity index (χ2n) is 13.6. The summed E-state index contributed by atoms with van der Waals surface area (Å²) in [6, 6.07) is 14.7. The molecule has 7 rings (SSSR count). The Balaban J connectivity index is 1.15. The summed E-state index contributed by atoms with van der Waals surface area (Å²) in [4.78, 5) is 11.8. The predicted octanol–water partition coefficient (Wildman–Crippen LogP) is 6.36. The van der Waals surface area contributed by atoms with E-state index in [2.05, 4.69) is 52.6 Å². The number of aliphatic hydroxyl groups excluding tert-OH is 1. The molecule has 1 aliphatic heterocycles. The molecule has 47 heavy (non-hydrogen) atoms. The third-order valence-corrected chi connectivity index (χ3v) is 12.0. The Labute approximate surface area is 281 Å². The topological polar surface area (TPSA) is 112 Å². The lowest BCUT2D eigenvalue weighted by Crippen LogP contribution is -2.53. The third-order valence-electron chi connectivity index (χ3n) is 9.45. The molecule has 11 heteroatoms. The van der Waals surface area contributed by atoms with Crippen molar-refractivity contribution in [3.05, 3.63) is 100 Å². The van der Waals surface area contributed by atoms with E-state index in [9.17, 15) is 13.5 Å². The first-order valence-corrected chi connectivity index (χ1v) is 18.1. The van der Waals surface area contributed by atoms with Crippen LogP contribution in [0, 0.1) is 0 Å². The quantitative estimate of drug-likeness (QED) is 0.188. The van der Waals surface area contributed by atoms with Crippen molar-refractivity contribution in [2.75, 3.05) is 18.4 Å². The fraction of sp³-hybridized carbons (Fsp3) is 0.389. The molecule has 0 radical (unpaired) electrons. The number of nitrogens with zero attached hydrogens (tertiary/aromatic N) is 4. The highest BCUT2D eigenvalue weighted by molar-refractivity contribution is 7.91. The van der Waals surface area contributed by atoms with E-state index in [-0.39, 0.29) is 13.0 Å². The summed E-state index contributed by atoms with van der Waals surface area (Å²) in [7, 11) is -3.92. The Morgan fingerprint density at radius 3 is 2.62 bits per heavy atom. The van der Waals surface area contributed by atoms with Crippen molar-refractivity contribution < 1.29 is 13.5 Å². The number of piperazine rings is 1. The van der Waals surface area contributed by atoms with Gasteiger partial charge in [0.25, 0.3) is 0 Å². The van der Waals surface area contributed by atoms with Gasteiger partial charge in [-0.1, -0.05) is 48.0 Å². The molecule has 2 aromatic heterocycles. The van der Waals surface area contributed by atoms with Gasteiger partial charge in [-0.25, -0.2) is 22.4 Å². The summed E-state index contributed by atoms with van der Waals surface area (Å²) in [5.74, 6) is 0.991. The lowest BCUT2D eigenvalue weighted by Gasteiger charge is -2.36. The number of aromatic nitrogens is 3. The lowest BCUT2D eigenvalue weighted by atomic mass is 9.93. The van der Waals surface area contributed by atoms with Crippen molar-refractivity contribution in [1.29, 1.82) is 0 Å². The zero-order chi connectivity index (χ0) is 32.9. The maximum atomic E-state index is 14.2. The summed E-state index contributed by atoms with van der Waals surface area (Å²) in [6.07, 6.45) is 11.1. The van der Waals surface area contributed by atoms with Gasteiger partial charge >= 0.3 is 0 Å². The van der Waals surface area contributed by atoms with E-state index in [1.165, 1.54) is 27.9 Å². The van der Waals surface area contributed by atoms with Crippen LogP contribution in [0.25, 0.3) is 16.5 Å². The van der Waals surface area contributed by atoms with Crippen LogP contribution in [-0.4, -0.2) is 62.3 Å². The number of nitrogens with one attached hydrogen (secondary N) is 2. The molecule has 1 saturated carbocycles. The van der Waals surface area contributed by atoms with Gasteiger partial charge in [0.2, 0.25) is 16.0 Å². The molecule has 9 nitrogen and oxygen atoms in total. The number of hydrogen-bond acceptors (Lipinski definition) is 8. The van der Waals surface area contributed by atoms with E-state index in [0.29, 0.717) is 51.3 Å². The van der Waals surface area contributed by atoms with Crippen molar-refractivity contribution >= 4 is 49.7 Å². The average molecular weight is 673 g/mol. The van der Waals surface area contributed by atoms with E-state index in [1.54, 1.807) is 49.7 Å². The van der Waals surface area contributed by atoms with E-state index in [4.69, 9.17) is 16.6 Å². The fourth-order valence-electron chi connectivity index (χ4n) is 7.03. The fourth-order valence-corrected chi connectivity index (χ4v) is 8.92. The molecule has 0 spiro atoms. The maximum absolute atomic E-state index is 14.2. The largest absolute Gasteiger partial charge is 0.392 e. The van der Waals surface area contributed by atoms with Crippen LogP contribution in [0.4, 0.5) is 11.6 Å². The Morgan fingerprint density at radius 1 is 1.09 bits per heavy atom. The number of halogens is 1. The smallest absolute Gasteiger partial charge is 0.248 e. The molecule has 3 heterocycles. The summed E-state index contributed by atoms with van der Waals surface area (Å²) >= 11 is 6.68. The molecular formula is C36H41ClN6O3S. The number of anilines is 2. The number of fused-ring (bicyclic) bond motifs is 1. The SMILES string of the molecule is C[C@@H]1CN(Cc2cc(Nc3ncc(Cl)c(C4=CC=CC(C)(S(=O)(=O)n5ccc6ccc(CO)cc65)C4)n3)cc(C3CC3)c2)C[C@H](C)N1. The van der Waals surface area contributed by atoms with Gasteiger partial charge in [0, 0.05) is 49.0 Å². The van der Waals surface area contributed by atoms with Gasteiger partial charge in [0.1, 0.15) is 4.75 Å². The van der Waals surface area contributed by atoms with Gasteiger partial charge in [0.05, 0.1) is 29.0 Å². The normalized spacial score (nSPS) is 23.6. The van der Waals surface area contributed by atoms with Gasteiger partial charge in [-0.05, 0) is 92.5 Å². The molecule has 2 aromatic carbocycles. The first-order valence-electron chi connectivity index (χ1n) is 16.3. The number of benzene rings is 2. The minimum atomic E-state index is -3.92. The summed E-state index contributed by atoms with van der Waals surface area (Å²) in [6.45, 7) is 8.90. The van der Waals surface area contributed by atoms with E-state index in [0.717, 1.165) is 30.7 Å². The molecule has 1 saturated heterocycles. The maximum Gasteiger partial charge on any atom is 0.248 e. The molecule has 246 valence electrons. The minimum absolute atomic E-state index is 0.171. The van der Waals surface area contributed by atoms with Crippen molar-refractivity contribution in [3.8, 4) is 0 Å². The second kappa shape index (κ2) is 12.5. The number of allylic oxidation sites excluding steroid dienone is 3. The van der Waals surface area contributed by atoms with Crippen LogP contribution in [0.2, 0.25) is 5.02 Å². The molecule has 1 unspecified atom stereocenters. The first-order chi connectivity index (χ1) is 22.5. The highest BCUT2D eigenvalue weighted by atomic mass is 35.5. The van der Waals surface area contributed by atoms with Crippen LogP contribution in [0.1, 0.15) is 68.3 Å². The van der Waals surface area contributed by atoms with Crippen molar-refractivity contribution in [1.82, 2.24) is 24.2 Å². The summed E-state index contributed by atoms with van der Waals surface area (Å²) < 4.78 is 28.4. The Kier molecular flexibility index (Phi) is 8.51. The number of aliphatic hydroxyl groups is 1. The predicted molar refractivity (Wildman–Crippen MR) is 188 cm³/mol. The summed E-state index contributed by atoms with van der Waals surface area (Å²) in [5, 5.41) is 17.8. The molecule has 0 amide bonds. The number of hydrogen-bond donors (Lipinski definition) is 3. The monoisotopic (exact) mass is 672 g/mol. The molecule has 2 fully saturated rings. The van der Waals surface area contributed by atoms with E-state index < -0.39 is 14.8 Å². The molecule has 0 bridgehead atoms. The van der Waals surface area contributed by atoms with Crippen LogP contribution >= 0.6 is 11.6 Å². The van der Waals surface area contributed by atoms with Gasteiger partial charge in [0.15, 0.2) is 0 Å². The van der Waals surface area contributed by atoms with Gasteiger partial charge in [-0.15, -0.1) is 0 Å². The molecule has 3 atom stereocenters. The van der Waals surface area contributed by atoms with Gasteiger partial charge in [-0.2, -0.15) is 0 Å². The van der Waals surface area contributed by atoms with E-state index in [1.807, 2.05) is 12.1 Å². The van der Waals surface area contributed by atoms with Crippen LogP contribution in [0.5, 0.6) is 0 Å². The van der Waals surface area contributed by atoms with Crippen molar-refractivity contribution in [2.45, 2.75) is 75.9 Å². The number of rotatable bonds is 9. The lowest BCUT2D eigenvalue weighted by molar-refractivity contribution is 0.166. The Morgan fingerprint density at radius 2 is 1.87 bits per heavy atom. The minimum Gasteiger partial charge on any atom is -0.392 e. The highest BCUT2D eigenvalue weighted by Gasteiger charge is 2.41. The second-order valence-corrected chi connectivity index (χ2v) is 16.3. The summed E-state index contributed by atoms with van der Waals surface area (Å²) in [5.41, 5.74) is 5.90. The standard InChI is InChI=1S/C36H41ClN6O3S/c1-23-19-42(20-24(2)39-23)21-26-13-30(27-8-9-27)16-31(14-26)40-35-38-18-32(37)34(41-35)29-5-4-11-36(3,17-29)47(45,46)43-12-10-28-7-6-25(22-44)15-33(28)43/h4-7,10-16,18,23-24,27,39,44H,8-9,17,19-22H2,1-3H3,(H,38,40,41)/t23-,24+,36?. The molecule has 3 aliphatic rings. The van der Waals surface area contributed by atoms with Crippen LogP contribution in [0.3, 0.4) is 0 Å². The highest BCUT2D eigenvalue weighted by Crippen LogP contribution is 2.42. The molecule has 4 aromatic rings. The average Bonchev–Trinajstić information content (AvgIpc) is 3.80. The van der Waals surface area contributed by atoms with Crippen LogP contribution < -0.4 is 10.6 Å². The zero-order valence-corrected chi connectivity index (χ0v) is 28.5. The molecule has 3 N–H and O–H groups in total. The third kappa shape index (κ3) is 6.49. The van der Waals surface area contributed by atoms with Gasteiger partial charge < -0.3 is 15.7 Å². The zero-order valence-electron chi connectivity index (χ0n) is 26.9. The Bertz CT molecular complexity index is 1990. The Hall–Kier alpha value is -3.54. The molecule has 2 aliphatic carbocycles. The molecular weight excluding hydrogens is 632 g/mol. The van der Waals surface area contributed by atoms with Gasteiger partial charge in [-0.3, -0.25) is 4.90 Å². The van der Waals surface area contributed by atoms with Crippen molar-refractivity contribution in [3.63, 3.8) is 0 Å². The first kappa shape index (κ1) is 32.0. The van der Waals surface area contributed by atoms with Crippen LogP contribution in [-0.2, 0) is 23.2 Å².